The van der Waals surface area contributed by atoms with Crippen LogP contribution in [-0.2, 0) is 4.79 Å². The van der Waals surface area contributed by atoms with E-state index in [-0.39, 0.29) is 5.91 Å². The van der Waals surface area contributed by atoms with Crippen LogP contribution in [0.25, 0.3) is 0 Å². The Bertz CT molecular complexity index is 301. The van der Waals surface area contributed by atoms with Crippen molar-refractivity contribution in [1.29, 1.82) is 0 Å². The molecule has 0 radical (unpaired) electrons. The van der Waals surface area contributed by atoms with Gasteiger partial charge in [0.05, 0.1) is 5.69 Å². The molecule has 0 bridgehead atoms. The molecule has 1 aromatic rings. The summed E-state index contributed by atoms with van der Waals surface area (Å²) in [5.74, 6) is 0.0558. The summed E-state index contributed by atoms with van der Waals surface area (Å²) in [4.78, 5) is 15.5. The van der Waals surface area contributed by atoms with Crippen molar-refractivity contribution in [2.24, 2.45) is 0 Å². The highest BCUT2D eigenvalue weighted by Crippen LogP contribution is 2.14. The molecule has 3 nitrogen and oxygen atoms in total. The topological polar surface area (TPSA) is 42.0 Å². The third-order valence-electron chi connectivity index (χ3n) is 1.65. The van der Waals surface area contributed by atoms with E-state index in [0.29, 0.717) is 11.6 Å². The van der Waals surface area contributed by atoms with E-state index >= 15 is 0 Å². The summed E-state index contributed by atoms with van der Waals surface area (Å²) in [6.07, 6.45) is 2.52. The number of aromatic nitrogens is 1. The van der Waals surface area contributed by atoms with Gasteiger partial charge in [-0.1, -0.05) is 15.9 Å². The molecule has 0 aromatic carbocycles. The number of nitrogens with one attached hydrogen (secondary N) is 1. The number of rotatable bonds is 5. The van der Waals surface area contributed by atoms with Crippen LogP contribution in [0, 0.1) is 6.92 Å². The molecular weight excluding hydrogens is 264 g/mol. The van der Waals surface area contributed by atoms with Gasteiger partial charge in [0.15, 0.2) is 5.13 Å². The maximum absolute atomic E-state index is 11.3. The minimum Gasteiger partial charge on any atom is -0.302 e. The normalized spacial score (nSPS) is 10.1. The highest BCUT2D eigenvalue weighted by Gasteiger charge is 2.04. The first-order valence-electron chi connectivity index (χ1n) is 4.50. The van der Waals surface area contributed by atoms with Crippen molar-refractivity contribution in [2.45, 2.75) is 26.2 Å². The lowest BCUT2D eigenvalue weighted by Gasteiger charge is -1.99. The second kappa shape index (κ2) is 6.14. The Hall–Kier alpha value is -0.420. The number of alkyl halides is 1. The number of aryl methyl sites for hydroxylation is 1. The highest BCUT2D eigenvalue weighted by atomic mass is 79.9. The van der Waals surface area contributed by atoms with Gasteiger partial charge in [-0.25, -0.2) is 4.98 Å². The van der Waals surface area contributed by atoms with Crippen molar-refractivity contribution in [1.82, 2.24) is 4.98 Å². The van der Waals surface area contributed by atoms with E-state index in [4.69, 9.17) is 0 Å². The predicted octanol–water partition coefficient (Wildman–Crippen LogP) is 2.96. The van der Waals surface area contributed by atoms with Gasteiger partial charge in [0.25, 0.3) is 0 Å². The number of anilines is 1. The molecule has 14 heavy (non-hydrogen) atoms. The summed E-state index contributed by atoms with van der Waals surface area (Å²) < 4.78 is 0. The number of unbranched alkanes of at least 4 members (excludes halogenated alkanes) is 1. The van der Waals surface area contributed by atoms with E-state index in [1.165, 1.54) is 11.3 Å². The van der Waals surface area contributed by atoms with Crippen LogP contribution in [0.4, 0.5) is 5.13 Å². The average molecular weight is 277 g/mol. The van der Waals surface area contributed by atoms with Gasteiger partial charge in [-0.2, -0.15) is 0 Å². The van der Waals surface area contributed by atoms with Gasteiger partial charge in [0, 0.05) is 17.1 Å². The first kappa shape index (κ1) is 11.7. The lowest BCUT2D eigenvalue weighted by Crippen LogP contribution is -2.10. The van der Waals surface area contributed by atoms with E-state index in [9.17, 15) is 4.79 Å². The lowest BCUT2D eigenvalue weighted by molar-refractivity contribution is -0.116. The molecule has 0 saturated carbocycles. The van der Waals surface area contributed by atoms with Crippen molar-refractivity contribution in [3.05, 3.63) is 11.1 Å². The molecule has 0 fully saturated rings. The second-order valence-corrected chi connectivity index (χ2v) is 4.64. The first-order valence-corrected chi connectivity index (χ1v) is 6.50. The van der Waals surface area contributed by atoms with Gasteiger partial charge in [0.1, 0.15) is 0 Å². The third-order valence-corrected chi connectivity index (χ3v) is 3.09. The Labute approximate surface area is 96.1 Å². The van der Waals surface area contributed by atoms with Crippen LogP contribution in [0.3, 0.4) is 0 Å². The van der Waals surface area contributed by atoms with Gasteiger partial charge in [0.2, 0.25) is 5.91 Å². The van der Waals surface area contributed by atoms with Crippen LogP contribution in [0.5, 0.6) is 0 Å². The molecule has 1 aromatic heterocycles. The van der Waals surface area contributed by atoms with Crippen LogP contribution in [-0.4, -0.2) is 16.2 Å². The molecule has 1 rings (SSSR count). The standard InChI is InChI=1S/C9H13BrN2OS/c1-7-6-14-9(11-7)12-8(13)4-2-3-5-10/h6H,2-5H2,1H3,(H,11,12,13). The number of hydrogen-bond acceptors (Lipinski definition) is 3. The summed E-state index contributed by atoms with van der Waals surface area (Å²) in [6.45, 7) is 1.91. The summed E-state index contributed by atoms with van der Waals surface area (Å²) >= 11 is 4.79. The molecule has 0 aliphatic carbocycles. The molecule has 1 N–H and O–H groups in total. The molecular formula is C9H13BrN2OS. The van der Waals surface area contributed by atoms with Gasteiger partial charge in [-0.15, -0.1) is 11.3 Å². The molecule has 0 saturated heterocycles. The number of nitrogens with zero attached hydrogens (tertiary/aromatic N) is 1. The maximum Gasteiger partial charge on any atom is 0.226 e. The fourth-order valence-corrected chi connectivity index (χ4v) is 2.07. The fourth-order valence-electron chi connectivity index (χ4n) is 0.973. The number of hydrogen-bond donors (Lipinski definition) is 1. The molecule has 0 aliphatic heterocycles. The SMILES string of the molecule is Cc1csc(NC(=O)CCCCBr)n1. The van der Waals surface area contributed by atoms with Gasteiger partial charge < -0.3 is 5.32 Å². The molecule has 0 unspecified atom stereocenters. The number of carbonyl (C=O) groups is 1. The number of halogens is 1. The largest absolute Gasteiger partial charge is 0.302 e. The molecule has 5 heteroatoms. The van der Waals surface area contributed by atoms with Crippen LogP contribution < -0.4 is 5.32 Å². The van der Waals surface area contributed by atoms with E-state index in [1.807, 2.05) is 12.3 Å². The summed E-state index contributed by atoms with van der Waals surface area (Å²) in [5, 5.41) is 6.35. The zero-order valence-electron chi connectivity index (χ0n) is 8.05. The minimum absolute atomic E-state index is 0.0558. The highest BCUT2D eigenvalue weighted by molar-refractivity contribution is 9.09. The zero-order chi connectivity index (χ0) is 10.4. The van der Waals surface area contributed by atoms with Crippen molar-refractivity contribution < 1.29 is 4.79 Å². The Morgan fingerprint density at radius 1 is 1.64 bits per heavy atom. The summed E-state index contributed by atoms with van der Waals surface area (Å²) in [5.41, 5.74) is 0.950. The predicted molar refractivity (Wildman–Crippen MR) is 63.1 cm³/mol. The third kappa shape index (κ3) is 4.19. The minimum atomic E-state index is 0.0558. The molecule has 1 heterocycles. The molecule has 1 amide bonds. The Morgan fingerprint density at radius 3 is 3.00 bits per heavy atom. The maximum atomic E-state index is 11.3. The number of thiazole rings is 1. The van der Waals surface area contributed by atoms with Crippen LogP contribution in [0.15, 0.2) is 5.38 Å². The van der Waals surface area contributed by atoms with Crippen molar-refractivity contribution in [3.63, 3.8) is 0 Å². The Morgan fingerprint density at radius 2 is 2.43 bits per heavy atom. The second-order valence-electron chi connectivity index (χ2n) is 2.99. The smallest absolute Gasteiger partial charge is 0.226 e. The summed E-state index contributed by atoms with van der Waals surface area (Å²) in [6, 6.07) is 0. The van der Waals surface area contributed by atoms with Gasteiger partial charge in [-0.05, 0) is 19.8 Å². The number of amides is 1. The van der Waals surface area contributed by atoms with E-state index < -0.39 is 0 Å². The quantitative estimate of drug-likeness (QED) is 0.664. The first-order chi connectivity index (χ1) is 6.72. The molecule has 0 aliphatic rings. The monoisotopic (exact) mass is 276 g/mol. The van der Waals surface area contributed by atoms with Crippen molar-refractivity contribution >= 4 is 38.3 Å². The molecule has 0 atom stereocenters. The fraction of sp³-hybridized carbons (Fsp3) is 0.556. The van der Waals surface area contributed by atoms with Crippen molar-refractivity contribution in [3.8, 4) is 0 Å². The average Bonchev–Trinajstić information content (AvgIpc) is 2.52. The zero-order valence-corrected chi connectivity index (χ0v) is 10.4. The van der Waals surface area contributed by atoms with Crippen LogP contribution in [0.1, 0.15) is 25.0 Å². The van der Waals surface area contributed by atoms with Gasteiger partial charge in [-0.3, -0.25) is 4.79 Å². The van der Waals surface area contributed by atoms with Crippen molar-refractivity contribution in [2.75, 3.05) is 10.6 Å². The van der Waals surface area contributed by atoms with Crippen LogP contribution in [0.2, 0.25) is 0 Å². The molecule has 78 valence electrons. The van der Waals surface area contributed by atoms with E-state index in [0.717, 1.165) is 23.9 Å². The van der Waals surface area contributed by atoms with E-state index in [1.54, 1.807) is 0 Å². The number of carbonyl (C=O) groups excluding carboxylic acids is 1. The summed E-state index contributed by atoms with van der Waals surface area (Å²) in [7, 11) is 0. The van der Waals surface area contributed by atoms with E-state index in [2.05, 4.69) is 26.2 Å². The Kier molecular flexibility index (Phi) is 5.11. The van der Waals surface area contributed by atoms with Crippen LogP contribution >= 0.6 is 27.3 Å². The molecule has 0 spiro atoms. The Balaban J connectivity index is 2.27. The van der Waals surface area contributed by atoms with Gasteiger partial charge >= 0.3 is 0 Å². The lowest BCUT2D eigenvalue weighted by atomic mass is 10.2.